The number of carbonyl (C=O) groups is 1. The predicted octanol–water partition coefficient (Wildman–Crippen LogP) is 3.82. The number of amides is 1. The number of hydrogen-bond acceptors (Lipinski definition) is 2. The van der Waals surface area contributed by atoms with Gasteiger partial charge >= 0.3 is 0 Å². The number of carbonyl (C=O) groups excluding carboxylic acids is 1. The lowest BCUT2D eigenvalue weighted by Crippen LogP contribution is -2.40. The summed E-state index contributed by atoms with van der Waals surface area (Å²) in [5, 5.41) is 3.17. The van der Waals surface area contributed by atoms with Crippen LogP contribution in [0.5, 0.6) is 5.75 Å². The minimum absolute atomic E-state index is 0.0366. The molecule has 1 aliphatic rings. The summed E-state index contributed by atoms with van der Waals surface area (Å²) in [4.78, 5) is 12.3. The van der Waals surface area contributed by atoms with Gasteiger partial charge in [0.15, 0.2) is 6.61 Å². The average Bonchev–Trinajstić information content (AvgIpc) is 3.40. The van der Waals surface area contributed by atoms with Crippen molar-refractivity contribution in [2.45, 2.75) is 39.2 Å². The van der Waals surface area contributed by atoms with Crippen LogP contribution in [-0.2, 0) is 11.2 Å². The van der Waals surface area contributed by atoms with Crippen LogP contribution in [0.3, 0.4) is 0 Å². The first-order valence-electron chi connectivity index (χ1n) is 8.66. The van der Waals surface area contributed by atoms with Gasteiger partial charge in [-0.05, 0) is 55.7 Å². The minimum atomic E-state index is -0.0366. The topological polar surface area (TPSA) is 38.3 Å². The number of aryl methyl sites for hydroxylation is 2. The van der Waals surface area contributed by atoms with Gasteiger partial charge in [-0.15, -0.1) is 0 Å². The third-order valence-electron chi connectivity index (χ3n) is 4.59. The maximum atomic E-state index is 12.3. The van der Waals surface area contributed by atoms with Crippen molar-refractivity contribution in [3.63, 3.8) is 0 Å². The van der Waals surface area contributed by atoms with E-state index in [9.17, 15) is 4.79 Å². The molecule has 126 valence electrons. The molecule has 0 spiro atoms. The molecule has 1 unspecified atom stereocenters. The second kappa shape index (κ2) is 7.52. The van der Waals surface area contributed by atoms with E-state index in [2.05, 4.69) is 17.4 Å². The zero-order valence-corrected chi connectivity index (χ0v) is 14.4. The summed E-state index contributed by atoms with van der Waals surface area (Å²) in [5.41, 5.74) is 3.39. The second-order valence-corrected chi connectivity index (χ2v) is 6.71. The van der Waals surface area contributed by atoms with E-state index in [1.165, 1.54) is 18.4 Å². The number of hydrogen-bond donors (Lipinski definition) is 1. The molecule has 2 aromatic rings. The zero-order chi connectivity index (χ0) is 16.9. The van der Waals surface area contributed by atoms with Gasteiger partial charge in [-0.25, -0.2) is 0 Å². The zero-order valence-electron chi connectivity index (χ0n) is 14.4. The lowest BCUT2D eigenvalue weighted by Gasteiger charge is -2.19. The van der Waals surface area contributed by atoms with E-state index in [1.54, 1.807) is 0 Å². The van der Waals surface area contributed by atoms with Crippen LogP contribution < -0.4 is 10.1 Å². The molecule has 0 radical (unpaired) electrons. The van der Waals surface area contributed by atoms with Crippen LogP contribution in [0.4, 0.5) is 0 Å². The lowest BCUT2D eigenvalue weighted by atomic mass is 10.0. The second-order valence-electron chi connectivity index (χ2n) is 6.71. The van der Waals surface area contributed by atoms with Crippen molar-refractivity contribution < 1.29 is 9.53 Å². The quantitative estimate of drug-likeness (QED) is 0.841. The van der Waals surface area contributed by atoms with Gasteiger partial charge in [-0.3, -0.25) is 4.79 Å². The maximum absolute atomic E-state index is 12.3. The molecule has 24 heavy (non-hydrogen) atoms. The Hall–Kier alpha value is -2.29. The largest absolute Gasteiger partial charge is 0.483 e. The van der Waals surface area contributed by atoms with Crippen molar-refractivity contribution in [2.24, 2.45) is 5.92 Å². The highest BCUT2D eigenvalue weighted by molar-refractivity contribution is 5.78. The molecule has 1 N–H and O–H groups in total. The standard InChI is InChI=1S/C21H25NO2/c1-15-7-6-8-16(2)21(15)24-14-20(23)22-19(18-11-12-18)13-17-9-4-3-5-10-17/h3-10,18-19H,11-14H2,1-2H3,(H,22,23). The highest BCUT2D eigenvalue weighted by Gasteiger charge is 2.32. The Kier molecular flexibility index (Phi) is 5.19. The molecule has 1 atom stereocenters. The van der Waals surface area contributed by atoms with Crippen molar-refractivity contribution in [2.75, 3.05) is 6.61 Å². The van der Waals surface area contributed by atoms with Gasteiger partial charge in [0.2, 0.25) is 0 Å². The Morgan fingerprint density at radius 1 is 1.08 bits per heavy atom. The maximum Gasteiger partial charge on any atom is 0.258 e. The Labute approximate surface area is 144 Å². The summed E-state index contributed by atoms with van der Waals surface area (Å²) in [7, 11) is 0. The summed E-state index contributed by atoms with van der Waals surface area (Å²) < 4.78 is 5.77. The summed E-state index contributed by atoms with van der Waals surface area (Å²) in [5.74, 6) is 1.39. The van der Waals surface area contributed by atoms with E-state index in [0.717, 1.165) is 23.3 Å². The fourth-order valence-electron chi connectivity index (χ4n) is 3.12. The number of para-hydroxylation sites is 1. The van der Waals surface area contributed by atoms with E-state index in [-0.39, 0.29) is 18.6 Å². The Bertz CT molecular complexity index is 672. The van der Waals surface area contributed by atoms with Crippen LogP contribution in [0.1, 0.15) is 29.5 Å². The Morgan fingerprint density at radius 3 is 2.38 bits per heavy atom. The number of benzene rings is 2. The molecule has 1 amide bonds. The van der Waals surface area contributed by atoms with Crippen molar-refractivity contribution in [1.29, 1.82) is 0 Å². The predicted molar refractivity (Wildman–Crippen MR) is 96.2 cm³/mol. The molecule has 0 aliphatic heterocycles. The highest BCUT2D eigenvalue weighted by Crippen LogP contribution is 2.34. The van der Waals surface area contributed by atoms with E-state index in [4.69, 9.17) is 4.74 Å². The van der Waals surface area contributed by atoms with Gasteiger partial charge in [0.05, 0.1) is 0 Å². The van der Waals surface area contributed by atoms with Crippen molar-refractivity contribution in [3.8, 4) is 5.75 Å². The van der Waals surface area contributed by atoms with Crippen LogP contribution in [0.2, 0.25) is 0 Å². The SMILES string of the molecule is Cc1cccc(C)c1OCC(=O)NC(Cc1ccccc1)C1CC1. The van der Waals surface area contributed by atoms with Crippen LogP contribution in [0.15, 0.2) is 48.5 Å². The van der Waals surface area contributed by atoms with Crippen LogP contribution in [0.25, 0.3) is 0 Å². The van der Waals surface area contributed by atoms with Gasteiger partial charge < -0.3 is 10.1 Å². The molecule has 3 heteroatoms. The molecule has 0 aromatic heterocycles. The Balaban J connectivity index is 1.56. The number of ether oxygens (including phenoxy) is 1. The van der Waals surface area contributed by atoms with Gasteiger partial charge in [-0.1, -0.05) is 48.5 Å². The summed E-state index contributed by atoms with van der Waals surface area (Å²) >= 11 is 0. The van der Waals surface area contributed by atoms with E-state index in [0.29, 0.717) is 5.92 Å². The number of rotatable bonds is 7. The van der Waals surface area contributed by atoms with Gasteiger partial charge in [0, 0.05) is 6.04 Å². The normalized spacial score (nSPS) is 14.9. The highest BCUT2D eigenvalue weighted by atomic mass is 16.5. The number of nitrogens with one attached hydrogen (secondary N) is 1. The molecule has 1 aliphatic carbocycles. The smallest absolute Gasteiger partial charge is 0.258 e. The lowest BCUT2D eigenvalue weighted by molar-refractivity contribution is -0.123. The molecular weight excluding hydrogens is 298 g/mol. The first kappa shape index (κ1) is 16.6. The molecule has 0 bridgehead atoms. The monoisotopic (exact) mass is 323 g/mol. The first-order chi connectivity index (χ1) is 11.6. The third kappa shape index (κ3) is 4.38. The van der Waals surface area contributed by atoms with Gasteiger partial charge in [0.1, 0.15) is 5.75 Å². The van der Waals surface area contributed by atoms with Gasteiger partial charge in [-0.2, -0.15) is 0 Å². The van der Waals surface area contributed by atoms with Crippen LogP contribution >= 0.6 is 0 Å². The molecule has 3 nitrogen and oxygen atoms in total. The summed E-state index contributed by atoms with van der Waals surface area (Å²) in [6, 6.07) is 16.6. The molecule has 1 saturated carbocycles. The molecule has 3 rings (SSSR count). The first-order valence-corrected chi connectivity index (χ1v) is 8.66. The fourth-order valence-corrected chi connectivity index (χ4v) is 3.12. The minimum Gasteiger partial charge on any atom is -0.483 e. The van der Waals surface area contributed by atoms with E-state index >= 15 is 0 Å². The third-order valence-corrected chi connectivity index (χ3v) is 4.59. The van der Waals surface area contributed by atoms with Gasteiger partial charge in [0.25, 0.3) is 5.91 Å². The Morgan fingerprint density at radius 2 is 1.75 bits per heavy atom. The van der Waals surface area contributed by atoms with Crippen LogP contribution in [0, 0.1) is 19.8 Å². The van der Waals surface area contributed by atoms with E-state index in [1.807, 2.05) is 50.2 Å². The average molecular weight is 323 g/mol. The van der Waals surface area contributed by atoms with Crippen LogP contribution in [-0.4, -0.2) is 18.6 Å². The molecule has 2 aromatic carbocycles. The molecule has 0 saturated heterocycles. The molecule has 1 fully saturated rings. The van der Waals surface area contributed by atoms with E-state index < -0.39 is 0 Å². The summed E-state index contributed by atoms with van der Waals surface area (Å²) in [6.07, 6.45) is 3.30. The fraction of sp³-hybridized carbons (Fsp3) is 0.381. The molecule has 0 heterocycles. The van der Waals surface area contributed by atoms with Crippen molar-refractivity contribution in [1.82, 2.24) is 5.32 Å². The van der Waals surface area contributed by atoms with Crippen molar-refractivity contribution in [3.05, 3.63) is 65.2 Å². The summed E-state index contributed by atoms with van der Waals surface area (Å²) in [6.45, 7) is 4.08. The molecular formula is C21H25NO2. The van der Waals surface area contributed by atoms with Crippen molar-refractivity contribution >= 4 is 5.91 Å².